The van der Waals surface area contributed by atoms with Gasteiger partial charge in [0.2, 0.25) is 0 Å². The van der Waals surface area contributed by atoms with E-state index < -0.39 is 0 Å². The number of hydrogen-bond acceptors (Lipinski definition) is 2. The Hall–Kier alpha value is -0.380. The number of hydrogen-bond donors (Lipinski definition) is 1. The normalized spacial score (nSPS) is 20.6. The van der Waals surface area contributed by atoms with Crippen molar-refractivity contribution in [2.75, 3.05) is 13.2 Å². The topological polar surface area (TPSA) is 35.2 Å². The Kier molecular flexibility index (Phi) is 6.35. The largest absolute Gasteiger partial charge is 0.378 e. The van der Waals surface area contributed by atoms with Crippen molar-refractivity contribution in [2.24, 2.45) is 11.7 Å². The average molecular weight is 326 g/mol. The first-order valence-electron chi connectivity index (χ1n) is 7.34. The zero-order chi connectivity index (χ0) is 13.5. The molecule has 0 amide bonds. The second-order valence-electron chi connectivity index (χ2n) is 5.46. The van der Waals surface area contributed by atoms with E-state index in [2.05, 4.69) is 40.2 Å². The molecule has 2 nitrogen and oxygen atoms in total. The standard InChI is InChI=1S/C16H24BrNO/c17-16-9-2-1-6-14(16)11-13(12-18)5-3-7-15-8-4-10-19-15/h1-2,6,9,13,15H,3-5,7-8,10-12,18H2. The highest BCUT2D eigenvalue weighted by molar-refractivity contribution is 9.10. The smallest absolute Gasteiger partial charge is 0.0576 e. The maximum absolute atomic E-state index is 5.92. The molecule has 2 unspecified atom stereocenters. The first kappa shape index (κ1) is 15.0. The van der Waals surface area contributed by atoms with Gasteiger partial charge in [-0.25, -0.2) is 0 Å². The van der Waals surface area contributed by atoms with Crippen molar-refractivity contribution in [3.63, 3.8) is 0 Å². The third kappa shape index (κ3) is 4.90. The first-order valence-corrected chi connectivity index (χ1v) is 8.14. The summed E-state index contributed by atoms with van der Waals surface area (Å²) >= 11 is 3.62. The minimum absolute atomic E-state index is 0.516. The number of nitrogens with two attached hydrogens (primary N) is 1. The highest BCUT2D eigenvalue weighted by atomic mass is 79.9. The van der Waals surface area contributed by atoms with Crippen molar-refractivity contribution in [3.8, 4) is 0 Å². The Balaban J connectivity index is 1.75. The molecule has 1 aromatic rings. The number of benzene rings is 1. The third-order valence-electron chi connectivity index (χ3n) is 3.96. The molecule has 3 heteroatoms. The third-order valence-corrected chi connectivity index (χ3v) is 4.74. The molecular formula is C16H24BrNO. The summed E-state index contributed by atoms with van der Waals surface area (Å²) in [5.41, 5.74) is 7.29. The van der Waals surface area contributed by atoms with Crippen LogP contribution in [0.25, 0.3) is 0 Å². The van der Waals surface area contributed by atoms with Gasteiger partial charge in [-0.2, -0.15) is 0 Å². The molecule has 1 aliphatic rings. The summed E-state index contributed by atoms with van der Waals surface area (Å²) in [6.45, 7) is 1.73. The SMILES string of the molecule is NCC(CCCC1CCCO1)Cc1ccccc1Br. The van der Waals surface area contributed by atoms with E-state index in [9.17, 15) is 0 Å². The van der Waals surface area contributed by atoms with E-state index in [4.69, 9.17) is 10.5 Å². The summed E-state index contributed by atoms with van der Waals surface area (Å²) in [4.78, 5) is 0. The van der Waals surface area contributed by atoms with Gasteiger partial charge in [0.1, 0.15) is 0 Å². The van der Waals surface area contributed by atoms with Gasteiger partial charge < -0.3 is 10.5 Å². The minimum atomic E-state index is 0.516. The van der Waals surface area contributed by atoms with Crippen LogP contribution in [0.3, 0.4) is 0 Å². The van der Waals surface area contributed by atoms with Crippen molar-refractivity contribution in [1.82, 2.24) is 0 Å². The quantitative estimate of drug-likeness (QED) is 0.824. The molecule has 1 saturated heterocycles. The molecule has 1 fully saturated rings. The number of halogens is 1. The molecule has 2 N–H and O–H groups in total. The summed E-state index contributed by atoms with van der Waals surface area (Å²) in [6.07, 6.45) is 7.71. The summed E-state index contributed by atoms with van der Waals surface area (Å²) in [7, 11) is 0. The van der Waals surface area contributed by atoms with Gasteiger partial charge in [0.25, 0.3) is 0 Å². The van der Waals surface area contributed by atoms with Gasteiger partial charge in [0, 0.05) is 11.1 Å². The highest BCUT2D eigenvalue weighted by Gasteiger charge is 2.16. The van der Waals surface area contributed by atoms with E-state index in [0.29, 0.717) is 12.0 Å². The van der Waals surface area contributed by atoms with Gasteiger partial charge in [-0.1, -0.05) is 40.5 Å². The Morgan fingerprint density at radius 1 is 1.37 bits per heavy atom. The lowest BCUT2D eigenvalue weighted by Gasteiger charge is -2.17. The average Bonchev–Trinajstić information content (AvgIpc) is 2.93. The van der Waals surface area contributed by atoms with Crippen LogP contribution in [0.5, 0.6) is 0 Å². The van der Waals surface area contributed by atoms with E-state index in [-0.39, 0.29) is 0 Å². The van der Waals surface area contributed by atoms with Gasteiger partial charge in [0.15, 0.2) is 0 Å². The van der Waals surface area contributed by atoms with Crippen molar-refractivity contribution < 1.29 is 4.74 Å². The Labute approximate surface area is 124 Å². The zero-order valence-corrected chi connectivity index (χ0v) is 13.1. The van der Waals surface area contributed by atoms with E-state index in [1.807, 2.05) is 0 Å². The summed E-state index contributed by atoms with van der Waals surface area (Å²) in [5, 5.41) is 0. The van der Waals surface area contributed by atoms with Crippen LogP contribution in [0.1, 0.15) is 37.7 Å². The van der Waals surface area contributed by atoms with Crippen LogP contribution in [0.2, 0.25) is 0 Å². The van der Waals surface area contributed by atoms with Crippen LogP contribution in [0.15, 0.2) is 28.7 Å². The van der Waals surface area contributed by atoms with Gasteiger partial charge in [-0.3, -0.25) is 0 Å². The van der Waals surface area contributed by atoms with Crippen LogP contribution in [-0.2, 0) is 11.2 Å². The Morgan fingerprint density at radius 2 is 2.21 bits per heavy atom. The molecule has 0 spiro atoms. The second kappa shape index (κ2) is 8.03. The van der Waals surface area contributed by atoms with Crippen LogP contribution < -0.4 is 5.73 Å². The van der Waals surface area contributed by atoms with Crippen molar-refractivity contribution in [3.05, 3.63) is 34.3 Å². The van der Waals surface area contributed by atoms with Crippen molar-refractivity contribution in [1.29, 1.82) is 0 Å². The highest BCUT2D eigenvalue weighted by Crippen LogP contribution is 2.23. The van der Waals surface area contributed by atoms with Crippen LogP contribution in [0.4, 0.5) is 0 Å². The fraction of sp³-hybridized carbons (Fsp3) is 0.625. The number of rotatable bonds is 7. The maximum atomic E-state index is 5.92. The number of ether oxygens (including phenoxy) is 1. The van der Waals surface area contributed by atoms with Crippen molar-refractivity contribution >= 4 is 15.9 Å². The zero-order valence-electron chi connectivity index (χ0n) is 11.5. The molecule has 1 aromatic carbocycles. The van der Waals surface area contributed by atoms with E-state index >= 15 is 0 Å². The summed E-state index contributed by atoms with van der Waals surface area (Å²) < 4.78 is 6.87. The van der Waals surface area contributed by atoms with E-state index in [1.54, 1.807) is 0 Å². The van der Waals surface area contributed by atoms with Gasteiger partial charge >= 0.3 is 0 Å². The molecule has 0 radical (unpaired) electrons. The van der Waals surface area contributed by atoms with Crippen LogP contribution >= 0.6 is 15.9 Å². The van der Waals surface area contributed by atoms with E-state index in [0.717, 1.165) is 19.6 Å². The molecule has 2 atom stereocenters. The maximum Gasteiger partial charge on any atom is 0.0576 e. The first-order chi connectivity index (χ1) is 9.29. The Morgan fingerprint density at radius 3 is 2.89 bits per heavy atom. The monoisotopic (exact) mass is 325 g/mol. The van der Waals surface area contributed by atoms with Gasteiger partial charge in [-0.05, 0) is 56.2 Å². The molecule has 0 saturated carbocycles. The fourth-order valence-corrected chi connectivity index (χ4v) is 3.23. The van der Waals surface area contributed by atoms with Crippen LogP contribution in [0, 0.1) is 5.92 Å². The van der Waals surface area contributed by atoms with Gasteiger partial charge in [-0.15, -0.1) is 0 Å². The lowest BCUT2D eigenvalue weighted by molar-refractivity contribution is 0.101. The van der Waals surface area contributed by atoms with E-state index in [1.165, 1.54) is 42.1 Å². The molecule has 106 valence electrons. The molecular weight excluding hydrogens is 302 g/mol. The summed E-state index contributed by atoms with van der Waals surface area (Å²) in [6, 6.07) is 8.45. The van der Waals surface area contributed by atoms with Crippen molar-refractivity contribution in [2.45, 2.75) is 44.6 Å². The molecule has 0 aromatic heterocycles. The summed E-state index contributed by atoms with van der Waals surface area (Å²) in [5.74, 6) is 0.583. The fourth-order valence-electron chi connectivity index (χ4n) is 2.78. The van der Waals surface area contributed by atoms with Gasteiger partial charge in [0.05, 0.1) is 6.10 Å². The molecule has 1 heterocycles. The minimum Gasteiger partial charge on any atom is -0.378 e. The lowest BCUT2D eigenvalue weighted by Crippen LogP contribution is -2.18. The second-order valence-corrected chi connectivity index (χ2v) is 6.32. The molecule has 19 heavy (non-hydrogen) atoms. The molecule has 1 aliphatic heterocycles. The lowest BCUT2D eigenvalue weighted by atomic mass is 9.93. The predicted molar refractivity (Wildman–Crippen MR) is 83.2 cm³/mol. The molecule has 0 aliphatic carbocycles. The predicted octanol–water partition coefficient (Wildman–Crippen LogP) is 3.92. The molecule has 0 bridgehead atoms. The van der Waals surface area contributed by atoms with Crippen LogP contribution in [-0.4, -0.2) is 19.3 Å². The molecule has 2 rings (SSSR count). The Bertz CT molecular complexity index is 377.